The van der Waals surface area contributed by atoms with Crippen LogP contribution in [0.2, 0.25) is 0 Å². The van der Waals surface area contributed by atoms with Crippen LogP contribution in [0, 0.1) is 5.92 Å². The number of hydrogen-bond acceptors (Lipinski definition) is 19. The highest BCUT2D eigenvalue weighted by Crippen LogP contribution is 2.35. The Hall–Kier alpha value is -3.98. The molecule has 1 amide bonds. The molecule has 0 spiro atoms. The third-order valence-electron chi connectivity index (χ3n) is 11.8. The molecule has 4 rings (SSSR count). The number of amidine groups is 1. The van der Waals surface area contributed by atoms with Crippen molar-refractivity contribution in [1.82, 2.24) is 14.1 Å². The van der Waals surface area contributed by atoms with Gasteiger partial charge in [0, 0.05) is 69.4 Å². The van der Waals surface area contributed by atoms with Crippen LogP contribution in [-0.2, 0) is 78.3 Å². The first-order valence-corrected chi connectivity index (χ1v) is 27.7. The largest absolute Gasteiger partial charge is 0.469 e. The second-order valence-electron chi connectivity index (χ2n) is 17.9. The van der Waals surface area contributed by atoms with Gasteiger partial charge in [-0.15, -0.1) is 0 Å². The van der Waals surface area contributed by atoms with Gasteiger partial charge in [-0.2, -0.15) is 4.31 Å². The zero-order valence-corrected chi connectivity index (χ0v) is 45.7. The summed E-state index contributed by atoms with van der Waals surface area (Å²) in [6.45, 7) is 15.8. The standard InChI is InChI=1S/C53H85N5O16S/c1-5-10-57(11-6-2)53(61)48-35-46-8-7-45(37-50(46)55-51(54)38-48)47-33-43(34-49(36-47)75(62,63)58-40-44(41-58)42-59)39-56(3)12-14-66-16-18-68-20-22-70-24-26-72-28-30-74-32-31-73-29-27-71-25-23-69-21-19-67-17-15-65-13-9-52(60)64-4/h7-8,33-37,44,59H,5-6,9-32,38-42H2,1-4H3,(H2,54,55). The summed E-state index contributed by atoms with van der Waals surface area (Å²) in [6, 6.07) is 11.1. The molecule has 2 aliphatic heterocycles. The SMILES string of the molecule is CCCN(CCC)C(=O)C1=Cc2ccc(-c3cc(CN(C)CCOCCOCCOCCOCCOCCOCCOCCOCCOCCOCCC(=O)OC)cc(S(=O)(=O)N4CC(CO)C4)c3)cc2N=C(N)C1. The highest BCUT2D eigenvalue weighted by atomic mass is 32.2. The van der Waals surface area contributed by atoms with Gasteiger partial charge in [0.2, 0.25) is 15.9 Å². The van der Waals surface area contributed by atoms with Crippen LogP contribution in [0.25, 0.3) is 17.2 Å². The van der Waals surface area contributed by atoms with E-state index in [0.717, 1.165) is 29.5 Å². The van der Waals surface area contributed by atoms with Gasteiger partial charge in [0.05, 0.1) is 156 Å². The maximum absolute atomic E-state index is 13.9. The molecule has 2 aliphatic rings. The van der Waals surface area contributed by atoms with E-state index in [1.165, 1.54) is 11.4 Å². The van der Waals surface area contributed by atoms with Crippen molar-refractivity contribution in [1.29, 1.82) is 0 Å². The van der Waals surface area contributed by atoms with E-state index in [-0.39, 0.29) is 55.2 Å². The summed E-state index contributed by atoms with van der Waals surface area (Å²) in [5.74, 6) is -0.0817. The van der Waals surface area contributed by atoms with Gasteiger partial charge in [-0.25, -0.2) is 13.4 Å². The number of carbonyl (C=O) groups excluding carboxylic acids is 2. The van der Waals surface area contributed by atoms with E-state index in [1.54, 1.807) is 12.1 Å². The first-order chi connectivity index (χ1) is 36.5. The van der Waals surface area contributed by atoms with Crippen LogP contribution in [0.5, 0.6) is 0 Å². The van der Waals surface area contributed by atoms with E-state index in [1.807, 2.05) is 42.3 Å². The number of methoxy groups -OCH3 is 1. The zero-order chi connectivity index (χ0) is 53.9. The Morgan fingerprint density at radius 2 is 1.15 bits per heavy atom. The number of sulfonamides is 1. The minimum absolute atomic E-state index is 0.0403. The minimum atomic E-state index is -3.82. The lowest BCUT2D eigenvalue weighted by molar-refractivity contribution is -0.142. The molecule has 0 unspecified atom stereocenters. The maximum Gasteiger partial charge on any atom is 0.307 e. The number of aliphatic imine (C=N–C) groups is 1. The lowest BCUT2D eigenvalue weighted by Gasteiger charge is -2.37. The van der Waals surface area contributed by atoms with Crippen molar-refractivity contribution in [2.75, 3.05) is 186 Å². The molecule has 424 valence electrons. The minimum Gasteiger partial charge on any atom is -0.469 e. The van der Waals surface area contributed by atoms with Gasteiger partial charge in [0.15, 0.2) is 0 Å². The molecule has 0 bridgehead atoms. The second-order valence-corrected chi connectivity index (χ2v) is 19.9. The molecule has 21 nitrogen and oxygen atoms in total. The molecule has 2 aromatic carbocycles. The number of hydrogen-bond donors (Lipinski definition) is 2. The van der Waals surface area contributed by atoms with E-state index in [2.05, 4.69) is 23.5 Å². The summed E-state index contributed by atoms with van der Waals surface area (Å²) >= 11 is 0. The van der Waals surface area contributed by atoms with E-state index in [9.17, 15) is 23.1 Å². The molecule has 1 saturated heterocycles. The predicted octanol–water partition coefficient (Wildman–Crippen LogP) is 3.55. The van der Waals surface area contributed by atoms with Crippen molar-refractivity contribution in [2.45, 2.75) is 51.0 Å². The van der Waals surface area contributed by atoms with Crippen molar-refractivity contribution in [3.8, 4) is 11.1 Å². The number of nitrogens with two attached hydrogens (primary N) is 1. The molecule has 0 atom stereocenters. The highest BCUT2D eigenvalue weighted by Gasteiger charge is 2.36. The summed E-state index contributed by atoms with van der Waals surface area (Å²) in [7, 11) is -0.521. The Kier molecular flexibility index (Phi) is 32.0. The lowest BCUT2D eigenvalue weighted by Crippen LogP contribution is -2.51. The quantitative estimate of drug-likeness (QED) is 0.0713. The molecule has 75 heavy (non-hydrogen) atoms. The Morgan fingerprint density at radius 3 is 1.61 bits per heavy atom. The number of esters is 1. The molecule has 3 N–H and O–H groups in total. The fourth-order valence-electron chi connectivity index (χ4n) is 7.77. The Balaban J connectivity index is 1.04. The van der Waals surface area contributed by atoms with E-state index < -0.39 is 10.0 Å². The molecule has 2 heterocycles. The van der Waals surface area contributed by atoms with Gasteiger partial charge < -0.3 is 67.8 Å². The Morgan fingerprint density at radius 1 is 0.667 bits per heavy atom. The topological polar surface area (TPSA) is 238 Å². The number of likely N-dealkylation sites (N-methyl/N-ethyl adjacent to an activating group) is 1. The number of nitrogens with zero attached hydrogens (tertiary/aromatic N) is 4. The Labute approximate surface area is 444 Å². The number of benzene rings is 2. The molecular formula is C53H85N5O16S. The molecule has 1 fully saturated rings. The fraction of sp³-hybridized carbons (Fsp3) is 0.679. The number of carbonyl (C=O) groups is 2. The molecule has 0 aromatic heterocycles. The number of aliphatic hydroxyl groups is 1. The van der Waals surface area contributed by atoms with Gasteiger partial charge in [0.25, 0.3) is 0 Å². The monoisotopic (exact) mass is 1080 g/mol. The van der Waals surface area contributed by atoms with Crippen molar-refractivity contribution < 1.29 is 75.2 Å². The fourth-order valence-corrected chi connectivity index (χ4v) is 9.45. The highest BCUT2D eigenvalue weighted by molar-refractivity contribution is 7.89. The van der Waals surface area contributed by atoms with Crippen LogP contribution >= 0.6 is 0 Å². The van der Waals surface area contributed by atoms with E-state index >= 15 is 0 Å². The average Bonchev–Trinajstić information content (AvgIpc) is 3.55. The van der Waals surface area contributed by atoms with Gasteiger partial charge in [-0.05, 0) is 66.9 Å². The molecule has 22 heteroatoms. The normalized spacial score (nSPS) is 14.1. The third-order valence-corrected chi connectivity index (χ3v) is 13.6. The summed E-state index contributed by atoms with van der Waals surface area (Å²) in [4.78, 5) is 33.4. The van der Waals surface area contributed by atoms with Gasteiger partial charge >= 0.3 is 5.97 Å². The maximum atomic E-state index is 13.9. The Bertz CT molecular complexity index is 2100. The van der Waals surface area contributed by atoms with Crippen molar-refractivity contribution >= 4 is 39.5 Å². The van der Waals surface area contributed by atoms with Crippen molar-refractivity contribution in [2.24, 2.45) is 16.6 Å². The summed E-state index contributed by atoms with van der Waals surface area (Å²) in [5.41, 5.74) is 10.6. The lowest BCUT2D eigenvalue weighted by atomic mass is 9.99. The van der Waals surface area contributed by atoms with Crippen LogP contribution in [0.4, 0.5) is 5.69 Å². The van der Waals surface area contributed by atoms with E-state index in [0.29, 0.717) is 181 Å². The van der Waals surface area contributed by atoms with Gasteiger partial charge in [-0.1, -0.05) is 26.0 Å². The first kappa shape index (κ1) is 63.6. The first-order valence-electron chi connectivity index (χ1n) is 26.2. The second kappa shape index (κ2) is 37.7. The summed E-state index contributed by atoms with van der Waals surface area (Å²) in [6.07, 6.45) is 4.05. The molecule has 0 radical (unpaired) electrons. The smallest absolute Gasteiger partial charge is 0.307 e. The molecule has 0 saturated carbocycles. The van der Waals surface area contributed by atoms with Crippen LogP contribution in [0.15, 0.2) is 51.9 Å². The van der Waals surface area contributed by atoms with Crippen LogP contribution in [0.3, 0.4) is 0 Å². The number of fused-ring (bicyclic) bond motifs is 1. The summed E-state index contributed by atoms with van der Waals surface area (Å²) < 4.78 is 89.0. The zero-order valence-electron chi connectivity index (χ0n) is 44.9. The molecule has 2 aromatic rings. The number of ether oxygens (including phenoxy) is 11. The van der Waals surface area contributed by atoms with Gasteiger partial charge in [0.1, 0.15) is 5.84 Å². The van der Waals surface area contributed by atoms with Gasteiger partial charge in [-0.3, -0.25) is 14.5 Å². The number of rotatable bonds is 44. The third kappa shape index (κ3) is 24.9. The molecule has 0 aliphatic carbocycles. The van der Waals surface area contributed by atoms with E-state index in [4.69, 9.17) is 58.1 Å². The number of amides is 1. The van der Waals surface area contributed by atoms with Crippen molar-refractivity contribution in [3.05, 3.63) is 53.1 Å². The van der Waals surface area contributed by atoms with Crippen LogP contribution < -0.4 is 5.73 Å². The van der Waals surface area contributed by atoms with Crippen LogP contribution in [-0.4, -0.2) is 231 Å². The molecular weight excluding hydrogens is 995 g/mol. The predicted molar refractivity (Wildman–Crippen MR) is 283 cm³/mol. The van der Waals surface area contributed by atoms with Crippen molar-refractivity contribution in [3.63, 3.8) is 0 Å². The number of aliphatic hydroxyl groups excluding tert-OH is 1. The summed E-state index contributed by atoms with van der Waals surface area (Å²) in [5, 5.41) is 9.59. The van der Waals surface area contributed by atoms with Crippen LogP contribution in [0.1, 0.15) is 50.7 Å². The average molecular weight is 1080 g/mol.